The maximum Gasteiger partial charge on any atom is 0.294 e. The van der Waals surface area contributed by atoms with Gasteiger partial charge in [-0.1, -0.05) is 34.1 Å². The van der Waals surface area contributed by atoms with Crippen molar-refractivity contribution in [3.63, 3.8) is 0 Å². The second kappa shape index (κ2) is 4.49. The van der Waals surface area contributed by atoms with Crippen LogP contribution in [0, 0.1) is 0 Å². The number of benzene rings is 1. The van der Waals surface area contributed by atoms with Crippen molar-refractivity contribution in [3.05, 3.63) is 46.3 Å². The van der Waals surface area contributed by atoms with Crippen LogP contribution < -0.4 is 5.32 Å². The molecule has 0 saturated carbocycles. The van der Waals surface area contributed by atoms with Crippen LogP contribution in [0.2, 0.25) is 0 Å². The highest BCUT2D eigenvalue weighted by molar-refractivity contribution is 9.10. The van der Waals surface area contributed by atoms with E-state index in [1.807, 2.05) is 18.2 Å². The fraction of sp³-hybridized carbons (Fsp3) is 0.182. The van der Waals surface area contributed by atoms with Gasteiger partial charge in [0, 0.05) is 17.9 Å². The molecule has 15 heavy (non-hydrogen) atoms. The summed E-state index contributed by atoms with van der Waals surface area (Å²) < 4.78 is 6.54. The Morgan fingerprint density at radius 2 is 2.20 bits per heavy atom. The van der Waals surface area contributed by atoms with Gasteiger partial charge in [-0.25, -0.2) is 4.98 Å². The average Bonchev–Trinajstić information content (AvgIpc) is 2.69. The van der Waals surface area contributed by atoms with Crippen LogP contribution in [0.1, 0.15) is 11.3 Å². The summed E-state index contributed by atoms with van der Waals surface area (Å²) in [5.74, 6) is 0.853. The molecule has 4 heteroatoms. The van der Waals surface area contributed by atoms with E-state index in [1.165, 1.54) is 5.56 Å². The van der Waals surface area contributed by atoms with Gasteiger partial charge in [0.15, 0.2) is 0 Å². The first-order valence-electron chi connectivity index (χ1n) is 4.65. The van der Waals surface area contributed by atoms with E-state index in [2.05, 4.69) is 32.3 Å². The Balaban J connectivity index is 2.18. The van der Waals surface area contributed by atoms with Crippen molar-refractivity contribution in [3.8, 4) is 0 Å². The standard InChI is InChI=1S/C11H11BrN2O/c1-13-11-14-7-9(15-11)6-8-4-2-3-5-10(8)12/h2-5,7H,6H2,1H3,(H,13,14). The topological polar surface area (TPSA) is 38.1 Å². The smallest absolute Gasteiger partial charge is 0.294 e. The van der Waals surface area contributed by atoms with Crippen LogP contribution in [0.3, 0.4) is 0 Å². The van der Waals surface area contributed by atoms with Gasteiger partial charge in [-0.05, 0) is 11.6 Å². The zero-order chi connectivity index (χ0) is 10.7. The van der Waals surface area contributed by atoms with E-state index in [0.717, 1.165) is 16.7 Å². The molecule has 0 unspecified atom stereocenters. The lowest BCUT2D eigenvalue weighted by Crippen LogP contribution is -1.87. The molecule has 0 bridgehead atoms. The van der Waals surface area contributed by atoms with Gasteiger partial charge in [-0.3, -0.25) is 0 Å². The number of nitrogens with zero attached hydrogens (tertiary/aromatic N) is 1. The summed E-state index contributed by atoms with van der Waals surface area (Å²) in [6, 6.07) is 8.63. The van der Waals surface area contributed by atoms with E-state index in [1.54, 1.807) is 13.2 Å². The van der Waals surface area contributed by atoms with Gasteiger partial charge >= 0.3 is 0 Å². The van der Waals surface area contributed by atoms with E-state index in [-0.39, 0.29) is 0 Å². The Hall–Kier alpha value is -1.29. The van der Waals surface area contributed by atoms with Crippen molar-refractivity contribution in [1.82, 2.24) is 4.98 Å². The Bertz CT molecular complexity index is 453. The quantitative estimate of drug-likeness (QED) is 0.928. The van der Waals surface area contributed by atoms with Crippen molar-refractivity contribution in [1.29, 1.82) is 0 Å². The third-order valence-electron chi connectivity index (χ3n) is 2.09. The van der Waals surface area contributed by atoms with Gasteiger partial charge in [-0.2, -0.15) is 0 Å². The third-order valence-corrected chi connectivity index (χ3v) is 2.86. The molecule has 1 aromatic carbocycles. The summed E-state index contributed by atoms with van der Waals surface area (Å²) in [6.07, 6.45) is 2.49. The molecule has 0 aliphatic heterocycles. The zero-order valence-corrected chi connectivity index (χ0v) is 9.91. The molecule has 0 amide bonds. The summed E-state index contributed by atoms with van der Waals surface area (Å²) in [4.78, 5) is 4.07. The highest BCUT2D eigenvalue weighted by atomic mass is 79.9. The molecule has 1 N–H and O–H groups in total. The SMILES string of the molecule is CNc1ncc(Cc2ccccc2Br)o1. The molecular weight excluding hydrogens is 256 g/mol. The first-order chi connectivity index (χ1) is 7.29. The maximum atomic E-state index is 5.45. The van der Waals surface area contributed by atoms with Crippen molar-refractivity contribution >= 4 is 21.9 Å². The minimum Gasteiger partial charge on any atom is -0.428 e. The number of nitrogens with one attached hydrogen (secondary N) is 1. The van der Waals surface area contributed by atoms with Gasteiger partial charge in [0.2, 0.25) is 0 Å². The van der Waals surface area contributed by atoms with Crippen LogP contribution in [0.5, 0.6) is 0 Å². The third kappa shape index (κ3) is 2.39. The zero-order valence-electron chi connectivity index (χ0n) is 8.33. The second-order valence-electron chi connectivity index (χ2n) is 3.15. The van der Waals surface area contributed by atoms with Crippen LogP contribution in [-0.4, -0.2) is 12.0 Å². The van der Waals surface area contributed by atoms with E-state index < -0.39 is 0 Å². The number of anilines is 1. The van der Waals surface area contributed by atoms with E-state index in [0.29, 0.717) is 6.01 Å². The monoisotopic (exact) mass is 266 g/mol. The molecule has 2 aromatic rings. The molecule has 3 nitrogen and oxygen atoms in total. The van der Waals surface area contributed by atoms with Crippen LogP contribution in [0.4, 0.5) is 6.01 Å². The number of oxazole rings is 1. The second-order valence-corrected chi connectivity index (χ2v) is 4.00. The predicted octanol–water partition coefficient (Wildman–Crippen LogP) is 3.07. The number of halogens is 1. The highest BCUT2D eigenvalue weighted by Gasteiger charge is 2.05. The van der Waals surface area contributed by atoms with E-state index >= 15 is 0 Å². The number of rotatable bonds is 3. The molecule has 78 valence electrons. The fourth-order valence-corrected chi connectivity index (χ4v) is 1.76. The largest absolute Gasteiger partial charge is 0.428 e. The van der Waals surface area contributed by atoms with Gasteiger partial charge in [0.1, 0.15) is 5.76 Å². The lowest BCUT2D eigenvalue weighted by atomic mass is 10.1. The summed E-state index contributed by atoms with van der Waals surface area (Å²) >= 11 is 3.50. The Morgan fingerprint density at radius 1 is 1.40 bits per heavy atom. The molecule has 1 aromatic heterocycles. The van der Waals surface area contributed by atoms with Crippen molar-refractivity contribution in [2.24, 2.45) is 0 Å². The minimum atomic E-state index is 0.553. The van der Waals surface area contributed by atoms with Gasteiger partial charge in [-0.15, -0.1) is 0 Å². The summed E-state index contributed by atoms with van der Waals surface area (Å²) in [5, 5.41) is 2.86. The van der Waals surface area contributed by atoms with E-state index in [9.17, 15) is 0 Å². The summed E-state index contributed by atoms with van der Waals surface area (Å²) in [7, 11) is 1.79. The molecule has 0 atom stereocenters. The first kappa shape index (κ1) is 10.2. The maximum absolute atomic E-state index is 5.45. The van der Waals surface area contributed by atoms with Crippen molar-refractivity contribution in [2.45, 2.75) is 6.42 Å². The van der Waals surface area contributed by atoms with E-state index in [4.69, 9.17) is 4.42 Å². The van der Waals surface area contributed by atoms with Crippen molar-refractivity contribution in [2.75, 3.05) is 12.4 Å². The Morgan fingerprint density at radius 3 is 2.87 bits per heavy atom. The van der Waals surface area contributed by atoms with Gasteiger partial charge in [0.25, 0.3) is 6.01 Å². The lowest BCUT2D eigenvalue weighted by molar-refractivity contribution is 0.530. The molecule has 2 rings (SSSR count). The molecule has 0 aliphatic rings. The molecule has 0 fully saturated rings. The molecule has 0 aliphatic carbocycles. The number of hydrogen-bond acceptors (Lipinski definition) is 3. The normalized spacial score (nSPS) is 10.3. The number of hydrogen-bond donors (Lipinski definition) is 1. The summed E-state index contributed by atoms with van der Waals surface area (Å²) in [6.45, 7) is 0. The highest BCUT2D eigenvalue weighted by Crippen LogP contribution is 2.20. The van der Waals surface area contributed by atoms with Gasteiger partial charge < -0.3 is 9.73 Å². The molecule has 0 saturated heterocycles. The molecule has 0 spiro atoms. The van der Waals surface area contributed by atoms with Crippen LogP contribution in [0.25, 0.3) is 0 Å². The lowest BCUT2D eigenvalue weighted by Gasteiger charge is -2.00. The first-order valence-corrected chi connectivity index (χ1v) is 5.45. The molecular formula is C11H11BrN2O. The molecule has 0 radical (unpaired) electrons. The van der Waals surface area contributed by atoms with Crippen LogP contribution in [0.15, 0.2) is 39.4 Å². The predicted molar refractivity (Wildman–Crippen MR) is 63.0 cm³/mol. The fourth-order valence-electron chi connectivity index (χ4n) is 1.33. The van der Waals surface area contributed by atoms with Crippen LogP contribution >= 0.6 is 15.9 Å². The number of aromatic nitrogens is 1. The minimum absolute atomic E-state index is 0.553. The van der Waals surface area contributed by atoms with Gasteiger partial charge in [0.05, 0.1) is 6.20 Å². The van der Waals surface area contributed by atoms with Crippen molar-refractivity contribution < 1.29 is 4.42 Å². The summed E-state index contributed by atoms with van der Waals surface area (Å²) in [5.41, 5.74) is 1.19. The van der Waals surface area contributed by atoms with Crippen LogP contribution in [-0.2, 0) is 6.42 Å². The Kier molecular flexibility index (Phi) is 3.06. The molecule has 1 heterocycles. The average molecular weight is 267 g/mol. The Labute approximate surface area is 96.6 Å².